The Labute approximate surface area is 231 Å². The second-order valence-corrected chi connectivity index (χ2v) is 14.1. The van der Waals surface area contributed by atoms with E-state index in [9.17, 15) is 19.0 Å². The van der Waals surface area contributed by atoms with Crippen molar-refractivity contribution in [3.8, 4) is 0 Å². The third-order valence-corrected chi connectivity index (χ3v) is 9.61. The number of carbonyl (C=O) groups is 2. The maximum absolute atomic E-state index is 13.4. The number of esters is 1. The Balaban J connectivity index is 2.16. The quantitative estimate of drug-likeness (QED) is 0.154. The van der Waals surface area contributed by atoms with Crippen molar-refractivity contribution in [2.45, 2.75) is 85.5 Å². The van der Waals surface area contributed by atoms with Gasteiger partial charge in [0.1, 0.15) is 0 Å². The number of hydrogen-bond donors (Lipinski definition) is 1. The highest BCUT2D eigenvalue weighted by atomic mass is 35.5. The molecular formula is C27H42Cl2NO6P. The van der Waals surface area contributed by atoms with E-state index < -0.39 is 31.8 Å². The van der Waals surface area contributed by atoms with Crippen molar-refractivity contribution >= 4 is 42.6 Å². The standard InChI is InChI=1S/C27H42Cl2NO6P/c1-18(2)25(31)35-26(19(3)4)36-27(32)30(20(5)22-12-13-23(28)24(29)16-22)14-9-15-37(33,34)17-21-10-7-6-8-11-21/h12-13,16,18-21,26H,6-11,14-15,17H2,1-5H3,(H,33,34). The van der Waals surface area contributed by atoms with Gasteiger partial charge in [0.25, 0.3) is 6.29 Å². The van der Waals surface area contributed by atoms with Crippen LogP contribution in [0.3, 0.4) is 0 Å². The Morgan fingerprint density at radius 3 is 2.27 bits per heavy atom. The fourth-order valence-corrected chi connectivity index (χ4v) is 6.76. The molecule has 0 bridgehead atoms. The van der Waals surface area contributed by atoms with Crippen LogP contribution in [0, 0.1) is 17.8 Å². The monoisotopic (exact) mass is 577 g/mol. The lowest BCUT2D eigenvalue weighted by Gasteiger charge is -2.32. The predicted octanol–water partition coefficient (Wildman–Crippen LogP) is 7.92. The molecule has 3 unspecified atom stereocenters. The van der Waals surface area contributed by atoms with E-state index in [1.54, 1.807) is 45.9 Å². The minimum atomic E-state index is -3.32. The number of nitrogens with zero attached hydrogens (tertiary/aromatic N) is 1. The molecule has 0 saturated heterocycles. The third kappa shape index (κ3) is 10.4. The van der Waals surface area contributed by atoms with Gasteiger partial charge in [0.15, 0.2) is 0 Å². The molecule has 0 spiro atoms. The Bertz CT molecular complexity index is 951. The van der Waals surface area contributed by atoms with E-state index in [2.05, 4.69) is 0 Å². The number of rotatable bonds is 12. The van der Waals surface area contributed by atoms with Crippen LogP contribution in [-0.2, 0) is 18.8 Å². The summed E-state index contributed by atoms with van der Waals surface area (Å²) in [5.41, 5.74) is 0.737. The molecule has 1 aliphatic carbocycles. The molecule has 1 N–H and O–H groups in total. The van der Waals surface area contributed by atoms with Crippen LogP contribution in [0.1, 0.15) is 84.7 Å². The van der Waals surface area contributed by atoms with Crippen LogP contribution in [0.25, 0.3) is 0 Å². The number of hydrogen-bond acceptors (Lipinski definition) is 5. The number of ether oxygens (including phenoxy) is 2. The first-order chi connectivity index (χ1) is 17.3. The zero-order chi connectivity index (χ0) is 27.8. The van der Waals surface area contributed by atoms with Gasteiger partial charge in [0, 0.05) is 24.8 Å². The summed E-state index contributed by atoms with van der Waals surface area (Å²) >= 11 is 12.3. The molecular weight excluding hydrogens is 536 g/mol. The van der Waals surface area contributed by atoms with Gasteiger partial charge in [0.2, 0.25) is 7.37 Å². The van der Waals surface area contributed by atoms with Gasteiger partial charge in [-0.1, -0.05) is 76.2 Å². The van der Waals surface area contributed by atoms with E-state index in [4.69, 9.17) is 32.7 Å². The van der Waals surface area contributed by atoms with Gasteiger partial charge >= 0.3 is 12.1 Å². The van der Waals surface area contributed by atoms with Crippen molar-refractivity contribution in [1.82, 2.24) is 4.90 Å². The number of halogens is 2. The number of benzene rings is 1. The highest BCUT2D eigenvalue weighted by Gasteiger charge is 2.31. The molecule has 210 valence electrons. The van der Waals surface area contributed by atoms with Gasteiger partial charge in [-0.05, 0) is 49.8 Å². The van der Waals surface area contributed by atoms with Gasteiger partial charge < -0.3 is 19.3 Å². The average molecular weight is 579 g/mol. The summed E-state index contributed by atoms with van der Waals surface area (Å²) in [5, 5.41) is 0.758. The number of amides is 1. The van der Waals surface area contributed by atoms with E-state index in [0.717, 1.165) is 31.2 Å². The van der Waals surface area contributed by atoms with E-state index in [1.165, 1.54) is 11.3 Å². The van der Waals surface area contributed by atoms with Crippen molar-refractivity contribution in [1.29, 1.82) is 0 Å². The van der Waals surface area contributed by atoms with Crippen molar-refractivity contribution in [3.05, 3.63) is 33.8 Å². The molecule has 2 rings (SSSR count). The predicted molar refractivity (Wildman–Crippen MR) is 148 cm³/mol. The van der Waals surface area contributed by atoms with E-state index in [0.29, 0.717) is 28.5 Å². The molecule has 0 aromatic heterocycles. The van der Waals surface area contributed by atoms with Crippen molar-refractivity contribution in [2.24, 2.45) is 17.8 Å². The summed E-state index contributed by atoms with van der Waals surface area (Å²) in [6.07, 6.45) is 4.49. The normalized spacial score (nSPS) is 17.8. The van der Waals surface area contributed by atoms with Gasteiger partial charge in [0.05, 0.1) is 22.0 Å². The SMILES string of the molecule is CC(C)C(=O)OC(OC(=O)N(CCCP(=O)(O)CC1CCCCC1)C(C)c1ccc(Cl)c(Cl)c1)C(C)C. The highest BCUT2D eigenvalue weighted by molar-refractivity contribution is 7.58. The van der Waals surface area contributed by atoms with Gasteiger partial charge in [-0.25, -0.2) is 4.79 Å². The maximum Gasteiger partial charge on any atom is 0.413 e. The Morgan fingerprint density at radius 2 is 1.70 bits per heavy atom. The smallest absolute Gasteiger partial charge is 0.413 e. The average Bonchev–Trinajstić information content (AvgIpc) is 2.82. The molecule has 1 aliphatic rings. The molecule has 1 aromatic rings. The summed E-state index contributed by atoms with van der Waals surface area (Å²) in [6.45, 7) is 9.03. The first-order valence-electron chi connectivity index (χ1n) is 13.2. The van der Waals surface area contributed by atoms with Gasteiger partial charge in [-0.3, -0.25) is 9.36 Å². The third-order valence-electron chi connectivity index (χ3n) is 6.77. The van der Waals surface area contributed by atoms with Crippen LogP contribution >= 0.6 is 30.6 Å². The van der Waals surface area contributed by atoms with Gasteiger partial charge in [-0.2, -0.15) is 0 Å². The van der Waals surface area contributed by atoms with E-state index >= 15 is 0 Å². The van der Waals surface area contributed by atoms with Crippen LogP contribution in [0.15, 0.2) is 18.2 Å². The molecule has 10 heteroatoms. The summed E-state index contributed by atoms with van der Waals surface area (Å²) in [6, 6.07) is 4.66. The van der Waals surface area contributed by atoms with Gasteiger partial charge in [-0.15, -0.1) is 0 Å². The maximum atomic E-state index is 13.4. The van der Waals surface area contributed by atoms with E-state index in [1.807, 2.05) is 6.92 Å². The summed E-state index contributed by atoms with van der Waals surface area (Å²) in [5.74, 6) is -0.793. The molecule has 1 amide bonds. The molecule has 7 nitrogen and oxygen atoms in total. The largest absolute Gasteiger partial charge is 0.425 e. The van der Waals surface area contributed by atoms with Crippen molar-refractivity contribution in [3.63, 3.8) is 0 Å². The molecule has 1 fully saturated rings. The van der Waals surface area contributed by atoms with Crippen LogP contribution in [0.4, 0.5) is 4.79 Å². The number of carbonyl (C=O) groups excluding carboxylic acids is 2. The molecule has 1 aromatic carbocycles. The molecule has 1 saturated carbocycles. The Hall–Kier alpha value is -1.27. The highest BCUT2D eigenvalue weighted by Crippen LogP contribution is 2.46. The van der Waals surface area contributed by atoms with Crippen molar-refractivity contribution in [2.75, 3.05) is 18.9 Å². The lowest BCUT2D eigenvalue weighted by atomic mass is 9.91. The molecule has 37 heavy (non-hydrogen) atoms. The summed E-state index contributed by atoms with van der Waals surface area (Å²) < 4.78 is 24.0. The lowest BCUT2D eigenvalue weighted by molar-refractivity contribution is -0.180. The lowest BCUT2D eigenvalue weighted by Crippen LogP contribution is -2.40. The minimum Gasteiger partial charge on any atom is -0.425 e. The summed E-state index contributed by atoms with van der Waals surface area (Å²) in [7, 11) is -3.32. The second-order valence-electron chi connectivity index (χ2n) is 10.7. The molecule has 0 heterocycles. The van der Waals surface area contributed by atoms with Crippen LogP contribution in [-0.4, -0.2) is 47.0 Å². The Kier molecular flexibility index (Phi) is 12.7. The minimum absolute atomic E-state index is 0.122. The zero-order valence-corrected chi connectivity index (χ0v) is 25.0. The zero-order valence-electron chi connectivity index (χ0n) is 22.6. The fourth-order valence-electron chi connectivity index (χ4n) is 4.46. The Morgan fingerprint density at radius 1 is 1.05 bits per heavy atom. The molecule has 0 aliphatic heterocycles. The molecule has 0 radical (unpaired) electrons. The van der Waals surface area contributed by atoms with Crippen molar-refractivity contribution < 1.29 is 28.5 Å². The summed E-state index contributed by atoms with van der Waals surface area (Å²) in [4.78, 5) is 37.7. The van der Waals surface area contributed by atoms with Crippen LogP contribution in [0.5, 0.6) is 0 Å². The topological polar surface area (TPSA) is 93.1 Å². The molecule has 3 atom stereocenters. The first-order valence-corrected chi connectivity index (χ1v) is 16.0. The first kappa shape index (κ1) is 31.9. The van der Waals surface area contributed by atoms with Crippen LogP contribution in [0.2, 0.25) is 10.0 Å². The van der Waals surface area contributed by atoms with E-state index in [-0.39, 0.29) is 24.5 Å². The fraction of sp³-hybridized carbons (Fsp3) is 0.704. The second kappa shape index (κ2) is 14.8. The van der Waals surface area contributed by atoms with Crippen LogP contribution < -0.4 is 0 Å².